The molecule has 2 aromatic heterocycles. The van der Waals surface area contributed by atoms with Gasteiger partial charge in [-0.1, -0.05) is 53.3 Å². The predicted molar refractivity (Wildman–Crippen MR) is 141 cm³/mol. The highest BCUT2D eigenvalue weighted by molar-refractivity contribution is 7.23. The summed E-state index contributed by atoms with van der Waals surface area (Å²) in [6.45, 7) is 0.882. The zero-order valence-electron chi connectivity index (χ0n) is 19.4. The fraction of sp³-hybridized carbons (Fsp3) is 0.192. The van der Waals surface area contributed by atoms with Crippen LogP contribution in [0, 0.1) is 0 Å². The second-order valence-corrected chi connectivity index (χ2v) is 9.71. The first-order chi connectivity index (χ1) is 16.9. The van der Waals surface area contributed by atoms with Gasteiger partial charge < -0.3 is 14.1 Å². The second kappa shape index (κ2) is 9.30. The van der Waals surface area contributed by atoms with Gasteiger partial charge >= 0.3 is 5.63 Å². The first-order valence-electron chi connectivity index (χ1n) is 10.9. The summed E-state index contributed by atoms with van der Waals surface area (Å²) in [6, 6.07) is 16.5. The lowest BCUT2D eigenvalue weighted by atomic mass is 10.0. The van der Waals surface area contributed by atoms with E-state index in [9.17, 15) is 9.59 Å². The Morgan fingerprint density at radius 2 is 1.89 bits per heavy atom. The third-order valence-electron chi connectivity index (χ3n) is 5.79. The molecule has 9 heteroatoms. The Balaban J connectivity index is 1.66. The fourth-order valence-corrected chi connectivity index (χ4v) is 5.25. The van der Waals surface area contributed by atoms with E-state index in [1.807, 2.05) is 49.3 Å². The molecule has 0 saturated heterocycles. The highest BCUT2D eigenvalue weighted by atomic mass is 35.5. The number of fused-ring (bicyclic) bond motifs is 4. The summed E-state index contributed by atoms with van der Waals surface area (Å²) in [5.41, 5.74) is 0.259. The van der Waals surface area contributed by atoms with Gasteiger partial charge in [-0.25, -0.2) is 9.78 Å². The minimum absolute atomic E-state index is 0.0510. The van der Waals surface area contributed by atoms with Gasteiger partial charge in [-0.3, -0.25) is 9.69 Å². The monoisotopic (exact) mass is 507 g/mol. The van der Waals surface area contributed by atoms with E-state index in [-0.39, 0.29) is 5.56 Å². The van der Waals surface area contributed by atoms with Crippen LogP contribution in [0.2, 0.25) is 5.02 Å². The Labute approximate surface area is 210 Å². The number of likely N-dealkylation sites (N-methyl/N-ethyl adjacent to an activating group) is 1. The first-order valence-corrected chi connectivity index (χ1v) is 12.1. The number of methoxy groups -OCH3 is 1. The number of hydrogen-bond acceptors (Lipinski definition) is 7. The van der Waals surface area contributed by atoms with Crippen molar-refractivity contribution in [3.63, 3.8) is 0 Å². The number of aromatic nitrogens is 1. The summed E-state index contributed by atoms with van der Waals surface area (Å²) in [5.74, 6) is 0.0770. The van der Waals surface area contributed by atoms with E-state index in [4.69, 9.17) is 20.8 Å². The molecule has 0 bridgehead atoms. The first kappa shape index (κ1) is 23.3. The molecule has 0 saturated carbocycles. The fourth-order valence-electron chi connectivity index (χ4n) is 3.97. The van der Waals surface area contributed by atoms with Gasteiger partial charge in [0, 0.05) is 18.5 Å². The minimum atomic E-state index is -0.690. The molecule has 178 valence electrons. The van der Waals surface area contributed by atoms with Crippen molar-refractivity contribution in [2.75, 3.05) is 39.2 Å². The van der Waals surface area contributed by atoms with E-state index >= 15 is 0 Å². The molecule has 35 heavy (non-hydrogen) atoms. The van der Waals surface area contributed by atoms with Gasteiger partial charge in [-0.2, -0.15) is 0 Å². The lowest BCUT2D eigenvalue weighted by molar-refractivity contribution is 0.0982. The molecule has 0 aliphatic carbocycles. The second-order valence-electron chi connectivity index (χ2n) is 8.33. The Hall–Kier alpha value is -3.46. The van der Waals surface area contributed by atoms with Gasteiger partial charge in [-0.15, -0.1) is 0 Å². The topological polar surface area (TPSA) is 75.9 Å². The molecule has 7 nitrogen and oxygen atoms in total. The highest BCUT2D eigenvalue weighted by Gasteiger charge is 2.26. The quantitative estimate of drug-likeness (QED) is 0.225. The molecular weight excluding hydrogens is 486 g/mol. The highest BCUT2D eigenvalue weighted by Crippen LogP contribution is 2.39. The third kappa shape index (κ3) is 4.25. The molecule has 0 unspecified atom stereocenters. The lowest BCUT2D eigenvalue weighted by Gasteiger charge is -2.21. The van der Waals surface area contributed by atoms with E-state index in [0.29, 0.717) is 50.2 Å². The number of rotatable bonds is 6. The number of hydrogen-bond donors (Lipinski definition) is 0. The molecule has 0 radical (unpaired) electrons. The van der Waals surface area contributed by atoms with Crippen molar-refractivity contribution in [3.8, 4) is 5.75 Å². The molecule has 2 heterocycles. The van der Waals surface area contributed by atoms with Crippen molar-refractivity contribution in [3.05, 3.63) is 75.6 Å². The molecule has 1 amide bonds. The average molecular weight is 508 g/mol. The van der Waals surface area contributed by atoms with E-state index in [1.165, 1.54) is 16.2 Å². The van der Waals surface area contributed by atoms with E-state index < -0.39 is 11.5 Å². The Morgan fingerprint density at radius 1 is 1.09 bits per heavy atom. The van der Waals surface area contributed by atoms with E-state index in [0.717, 1.165) is 10.8 Å². The predicted octanol–water partition coefficient (Wildman–Crippen LogP) is 5.43. The molecule has 0 spiro atoms. The van der Waals surface area contributed by atoms with Crippen LogP contribution in [0.3, 0.4) is 0 Å². The van der Waals surface area contributed by atoms with Crippen LogP contribution < -0.4 is 15.3 Å². The zero-order valence-corrected chi connectivity index (χ0v) is 20.9. The number of thiazole rings is 1. The summed E-state index contributed by atoms with van der Waals surface area (Å²) in [4.78, 5) is 34.9. The van der Waals surface area contributed by atoms with Crippen LogP contribution >= 0.6 is 22.9 Å². The molecular formula is C26H22ClN3O4S. The number of carbonyl (C=O) groups is 1. The van der Waals surface area contributed by atoms with Crippen LogP contribution in [0.5, 0.6) is 5.75 Å². The van der Waals surface area contributed by atoms with Crippen LogP contribution in [0.15, 0.2) is 63.8 Å². The Morgan fingerprint density at radius 3 is 2.66 bits per heavy atom. The van der Waals surface area contributed by atoms with Crippen LogP contribution in [0.25, 0.3) is 32.0 Å². The van der Waals surface area contributed by atoms with Crippen molar-refractivity contribution in [2.45, 2.75) is 0 Å². The van der Waals surface area contributed by atoms with Gasteiger partial charge in [0.05, 0.1) is 16.8 Å². The average Bonchev–Trinajstić information content (AvgIpc) is 3.29. The molecule has 0 atom stereocenters. The summed E-state index contributed by atoms with van der Waals surface area (Å²) in [5, 5.41) is 3.54. The van der Waals surface area contributed by atoms with Gasteiger partial charge in [0.1, 0.15) is 22.4 Å². The number of ether oxygens (including phenoxy) is 1. The van der Waals surface area contributed by atoms with Crippen LogP contribution in [0.1, 0.15) is 10.4 Å². The lowest BCUT2D eigenvalue weighted by Crippen LogP contribution is -2.38. The van der Waals surface area contributed by atoms with Gasteiger partial charge in [0.15, 0.2) is 5.13 Å². The number of carbonyl (C=O) groups excluding carboxylic acids is 1. The van der Waals surface area contributed by atoms with Gasteiger partial charge in [-0.05, 0) is 49.1 Å². The van der Waals surface area contributed by atoms with Crippen LogP contribution in [0.4, 0.5) is 5.13 Å². The van der Waals surface area contributed by atoms with Crippen LogP contribution in [-0.2, 0) is 0 Å². The summed E-state index contributed by atoms with van der Waals surface area (Å²) in [7, 11) is 5.39. The van der Waals surface area contributed by atoms with Crippen molar-refractivity contribution < 1.29 is 13.9 Å². The van der Waals surface area contributed by atoms with Crippen molar-refractivity contribution in [2.24, 2.45) is 0 Å². The molecule has 0 N–H and O–H groups in total. The van der Waals surface area contributed by atoms with Crippen molar-refractivity contribution >= 4 is 65.9 Å². The third-order valence-corrected chi connectivity index (χ3v) is 7.33. The zero-order chi connectivity index (χ0) is 24.7. The van der Waals surface area contributed by atoms with Crippen LogP contribution in [-0.4, -0.2) is 50.1 Å². The number of halogens is 1. The smallest absolute Gasteiger partial charge is 0.349 e. The summed E-state index contributed by atoms with van der Waals surface area (Å²) < 4.78 is 11.7. The minimum Gasteiger partial charge on any atom is -0.494 e. The van der Waals surface area contributed by atoms with Gasteiger partial charge in [0.2, 0.25) is 0 Å². The standard InChI is InChI=1S/C26H22ClN3O4S/c1-29(2)12-13-30(26-28-22-21(33-3)11-9-19(27)23(22)35-26)24(31)18-14-17-16-7-5-4-6-15(16)8-10-20(17)34-25(18)32/h4-11,14H,12-13H2,1-3H3. The SMILES string of the molecule is COc1ccc(Cl)c2sc(N(CCN(C)C)C(=O)c3cc4c(ccc5ccccc54)oc3=O)nc12. The largest absolute Gasteiger partial charge is 0.494 e. The number of benzene rings is 3. The molecule has 5 rings (SSSR count). The maximum Gasteiger partial charge on any atom is 0.349 e. The van der Waals surface area contributed by atoms with E-state index in [1.54, 1.807) is 31.4 Å². The summed E-state index contributed by atoms with van der Waals surface area (Å²) in [6.07, 6.45) is 0. The Kier molecular flexibility index (Phi) is 6.19. The maximum atomic E-state index is 13.8. The number of amides is 1. The van der Waals surface area contributed by atoms with Gasteiger partial charge in [0.25, 0.3) is 5.91 Å². The maximum absolute atomic E-state index is 13.8. The van der Waals surface area contributed by atoms with E-state index in [2.05, 4.69) is 4.98 Å². The molecule has 0 fully saturated rings. The van der Waals surface area contributed by atoms with Crippen molar-refractivity contribution in [1.29, 1.82) is 0 Å². The molecule has 0 aliphatic rings. The Bertz CT molecular complexity index is 1640. The number of anilines is 1. The number of nitrogens with zero attached hydrogens (tertiary/aromatic N) is 3. The normalized spacial score (nSPS) is 11.6. The molecule has 3 aromatic carbocycles. The van der Waals surface area contributed by atoms with Crippen molar-refractivity contribution in [1.82, 2.24) is 9.88 Å². The molecule has 0 aliphatic heterocycles. The molecule has 5 aromatic rings. The summed E-state index contributed by atoms with van der Waals surface area (Å²) >= 11 is 7.69.